The second-order valence-electron chi connectivity index (χ2n) is 4.53. The summed E-state index contributed by atoms with van der Waals surface area (Å²) in [6, 6.07) is 10.8. The highest BCUT2D eigenvalue weighted by Crippen LogP contribution is 2.22. The SMILES string of the molecule is COc1ccc(C(=O)c2cc(C)cc(Cl)c2)c(C)c1. The van der Waals surface area contributed by atoms with Gasteiger partial charge in [0.25, 0.3) is 0 Å². The first kappa shape index (κ1) is 13.6. The molecule has 0 aromatic heterocycles. The maximum absolute atomic E-state index is 12.5. The number of carbonyl (C=O) groups excluding carboxylic acids is 1. The molecular formula is C16H15ClO2. The zero-order valence-corrected chi connectivity index (χ0v) is 11.9. The summed E-state index contributed by atoms with van der Waals surface area (Å²) >= 11 is 6.00. The number of methoxy groups -OCH3 is 1. The van der Waals surface area contributed by atoms with Crippen molar-refractivity contribution in [3.05, 3.63) is 63.7 Å². The van der Waals surface area contributed by atoms with Crippen molar-refractivity contribution >= 4 is 17.4 Å². The Labute approximate surface area is 118 Å². The van der Waals surface area contributed by atoms with E-state index in [1.807, 2.05) is 32.0 Å². The summed E-state index contributed by atoms with van der Waals surface area (Å²) < 4.78 is 5.14. The molecule has 0 saturated heterocycles. The van der Waals surface area contributed by atoms with Gasteiger partial charge in [-0.15, -0.1) is 0 Å². The van der Waals surface area contributed by atoms with E-state index in [0.717, 1.165) is 16.9 Å². The molecule has 0 bridgehead atoms. The minimum atomic E-state index is -0.0225. The Bertz CT molecular complexity index is 612. The lowest BCUT2D eigenvalue weighted by atomic mass is 9.98. The van der Waals surface area contributed by atoms with Gasteiger partial charge in [0.05, 0.1) is 7.11 Å². The van der Waals surface area contributed by atoms with E-state index in [1.54, 1.807) is 25.3 Å². The molecule has 0 amide bonds. The van der Waals surface area contributed by atoms with E-state index in [-0.39, 0.29) is 5.78 Å². The van der Waals surface area contributed by atoms with Crippen LogP contribution in [0.15, 0.2) is 36.4 Å². The number of ketones is 1. The van der Waals surface area contributed by atoms with E-state index < -0.39 is 0 Å². The van der Waals surface area contributed by atoms with Gasteiger partial charge in [0, 0.05) is 16.1 Å². The maximum Gasteiger partial charge on any atom is 0.193 e. The molecule has 0 saturated carbocycles. The van der Waals surface area contributed by atoms with Crippen molar-refractivity contribution in [3.63, 3.8) is 0 Å². The smallest absolute Gasteiger partial charge is 0.193 e. The lowest BCUT2D eigenvalue weighted by Crippen LogP contribution is -2.04. The van der Waals surface area contributed by atoms with E-state index in [1.165, 1.54) is 0 Å². The zero-order valence-electron chi connectivity index (χ0n) is 11.2. The molecule has 0 N–H and O–H groups in total. The number of carbonyl (C=O) groups is 1. The fraction of sp³-hybridized carbons (Fsp3) is 0.188. The first-order valence-electron chi connectivity index (χ1n) is 5.98. The van der Waals surface area contributed by atoms with Crippen LogP contribution in [0.5, 0.6) is 5.75 Å². The van der Waals surface area contributed by atoms with Crippen LogP contribution in [0.4, 0.5) is 0 Å². The molecule has 0 aliphatic rings. The van der Waals surface area contributed by atoms with Gasteiger partial charge in [0.2, 0.25) is 0 Å². The lowest BCUT2D eigenvalue weighted by molar-refractivity contribution is 0.103. The number of benzene rings is 2. The molecule has 19 heavy (non-hydrogen) atoms. The highest BCUT2D eigenvalue weighted by Gasteiger charge is 2.13. The van der Waals surface area contributed by atoms with E-state index in [2.05, 4.69) is 0 Å². The first-order valence-corrected chi connectivity index (χ1v) is 6.35. The Balaban J connectivity index is 2.44. The Morgan fingerprint density at radius 3 is 2.42 bits per heavy atom. The summed E-state index contributed by atoms with van der Waals surface area (Å²) in [6.07, 6.45) is 0. The van der Waals surface area contributed by atoms with E-state index in [9.17, 15) is 4.79 Å². The number of aryl methyl sites for hydroxylation is 2. The van der Waals surface area contributed by atoms with Gasteiger partial charge in [-0.2, -0.15) is 0 Å². The molecule has 0 heterocycles. The summed E-state index contributed by atoms with van der Waals surface area (Å²) in [5.74, 6) is 0.724. The largest absolute Gasteiger partial charge is 0.497 e. The van der Waals surface area contributed by atoms with Gasteiger partial charge in [0.1, 0.15) is 5.75 Å². The maximum atomic E-state index is 12.5. The second kappa shape index (κ2) is 5.45. The molecule has 2 aromatic carbocycles. The monoisotopic (exact) mass is 274 g/mol. The van der Waals surface area contributed by atoms with Gasteiger partial charge in [-0.3, -0.25) is 4.79 Å². The molecular weight excluding hydrogens is 260 g/mol. The molecule has 0 spiro atoms. The van der Waals surface area contributed by atoms with Gasteiger partial charge >= 0.3 is 0 Å². The van der Waals surface area contributed by atoms with Crippen molar-refractivity contribution in [1.82, 2.24) is 0 Å². The van der Waals surface area contributed by atoms with E-state index in [4.69, 9.17) is 16.3 Å². The van der Waals surface area contributed by atoms with Crippen molar-refractivity contribution in [2.45, 2.75) is 13.8 Å². The predicted octanol–water partition coefficient (Wildman–Crippen LogP) is 4.20. The molecule has 0 aliphatic heterocycles. The predicted molar refractivity (Wildman–Crippen MR) is 77.4 cm³/mol. The average molecular weight is 275 g/mol. The van der Waals surface area contributed by atoms with Gasteiger partial charge in [-0.25, -0.2) is 0 Å². The van der Waals surface area contributed by atoms with Gasteiger partial charge < -0.3 is 4.74 Å². The van der Waals surface area contributed by atoms with Crippen LogP contribution in [-0.2, 0) is 0 Å². The highest BCUT2D eigenvalue weighted by atomic mass is 35.5. The lowest BCUT2D eigenvalue weighted by Gasteiger charge is -2.08. The fourth-order valence-electron chi connectivity index (χ4n) is 2.04. The fourth-order valence-corrected chi connectivity index (χ4v) is 2.33. The molecule has 98 valence electrons. The molecule has 2 aromatic rings. The van der Waals surface area contributed by atoms with Crippen LogP contribution in [0.2, 0.25) is 5.02 Å². The number of halogens is 1. The summed E-state index contributed by atoms with van der Waals surface area (Å²) in [7, 11) is 1.61. The van der Waals surface area contributed by atoms with Crippen molar-refractivity contribution in [3.8, 4) is 5.75 Å². The average Bonchev–Trinajstić information content (AvgIpc) is 2.36. The quantitative estimate of drug-likeness (QED) is 0.784. The van der Waals surface area contributed by atoms with Crippen LogP contribution in [0.3, 0.4) is 0 Å². The first-order chi connectivity index (χ1) is 9.01. The van der Waals surface area contributed by atoms with E-state index in [0.29, 0.717) is 16.1 Å². The van der Waals surface area contributed by atoms with Crippen LogP contribution in [0.25, 0.3) is 0 Å². The minimum absolute atomic E-state index is 0.0225. The molecule has 2 nitrogen and oxygen atoms in total. The molecule has 0 unspecified atom stereocenters. The molecule has 0 radical (unpaired) electrons. The number of hydrogen-bond acceptors (Lipinski definition) is 2. The Hall–Kier alpha value is -1.80. The van der Waals surface area contributed by atoms with Crippen molar-refractivity contribution < 1.29 is 9.53 Å². The van der Waals surface area contributed by atoms with Crippen molar-refractivity contribution in [2.75, 3.05) is 7.11 Å². The highest BCUT2D eigenvalue weighted by molar-refractivity contribution is 6.31. The third kappa shape index (κ3) is 2.96. The molecule has 2 rings (SSSR count). The summed E-state index contributed by atoms with van der Waals surface area (Å²) in [6.45, 7) is 3.82. The third-order valence-corrected chi connectivity index (χ3v) is 3.20. The van der Waals surface area contributed by atoms with Crippen LogP contribution in [0.1, 0.15) is 27.0 Å². The van der Waals surface area contributed by atoms with Crippen LogP contribution >= 0.6 is 11.6 Å². The summed E-state index contributed by atoms with van der Waals surface area (Å²) in [5.41, 5.74) is 3.14. The van der Waals surface area contributed by atoms with Crippen LogP contribution in [-0.4, -0.2) is 12.9 Å². The Kier molecular flexibility index (Phi) is 3.91. The van der Waals surface area contributed by atoms with Gasteiger partial charge in [0.15, 0.2) is 5.78 Å². The van der Waals surface area contributed by atoms with Crippen molar-refractivity contribution in [1.29, 1.82) is 0 Å². The van der Waals surface area contributed by atoms with Crippen LogP contribution in [0, 0.1) is 13.8 Å². The molecule has 3 heteroatoms. The third-order valence-electron chi connectivity index (χ3n) is 2.98. The van der Waals surface area contributed by atoms with Crippen LogP contribution < -0.4 is 4.74 Å². The second-order valence-corrected chi connectivity index (χ2v) is 4.96. The standard InChI is InChI=1S/C16H15ClO2/c1-10-6-12(9-13(17)7-10)16(18)15-5-4-14(19-3)8-11(15)2/h4-9H,1-3H3. The number of rotatable bonds is 3. The Morgan fingerprint density at radius 2 is 1.84 bits per heavy atom. The van der Waals surface area contributed by atoms with Crippen molar-refractivity contribution in [2.24, 2.45) is 0 Å². The number of ether oxygens (including phenoxy) is 1. The summed E-state index contributed by atoms with van der Waals surface area (Å²) in [4.78, 5) is 12.5. The van der Waals surface area contributed by atoms with E-state index >= 15 is 0 Å². The topological polar surface area (TPSA) is 26.3 Å². The van der Waals surface area contributed by atoms with Gasteiger partial charge in [-0.05, 0) is 61.4 Å². The Morgan fingerprint density at radius 1 is 1.11 bits per heavy atom. The minimum Gasteiger partial charge on any atom is -0.497 e. The van der Waals surface area contributed by atoms with Gasteiger partial charge in [-0.1, -0.05) is 11.6 Å². The molecule has 0 atom stereocenters. The normalized spacial score (nSPS) is 10.3. The molecule has 0 fully saturated rings. The zero-order chi connectivity index (χ0) is 14.0. The molecule has 0 aliphatic carbocycles. The summed E-state index contributed by atoms with van der Waals surface area (Å²) in [5, 5.41) is 0.578. The number of hydrogen-bond donors (Lipinski definition) is 0.